The lowest BCUT2D eigenvalue weighted by molar-refractivity contribution is 0.209. The van der Waals surface area contributed by atoms with E-state index in [9.17, 15) is 0 Å². The minimum Gasteiger partial charge on any atom is -0.295 e. The van der Waals surface area contributed by atoms with E-state index in [0.29, 0.717) is 6.04 Å². The summed E-state index contributed by atoms with van der Waals surface area (Å²) in [6.45, 7) is 8.79. The smallest absolute Gasteiger partial charge is 0.0625 e. The lowest BCUT2D eigenvalue weighted by Crippen LogP contribution is -2.32. The molecule has 0 fully saturated rings. The zero-order chi connectivity index (χ0) is 12.8. The maximum absolute atomic E-state index is 4.50. The molecule has 0 spiro atoms. The highest BCUT2D eigenvalue weighted by atomic mass is 79.9. The normalized spacial score (nSPS) is 11.7. The van der Waals surface area contributed by atoms with Gasteiger partial charge in [0.25, 0.3) is 0 Å². The van der Waals surface area contributed by atoms with Crippen LogP contribution < -0.4 is 0 Å². The topological polar surface area (TPSA) is 21.1 Å². The van der Waals surface area contributed by atoms with Crippen LogP contribution in [-0.4, -0.2) is 32.6 Å². The van der Waals surface area contributed by atoms with Crippen LogP contribution in [0.15, 0.2) is 6.07 Å². The molecular weight excluding hydrogens is 278 g/mol. The molecule has 98 valence electrons. The fraction of sp³-hybridized carbons (Fsp3) is 0.769. The lowest BCUT2D eigenvalue weighted by Gasteiger charge is -2.26. The number of alkyl halides is 1. The van der Waals surface area contributed by atoms with Crippen LogP contribution in [-0.2, 0) is 20.0 Å². The summed E-state index contributed by atoms with van der Waals surface area (Å²) in [5.74, 6) is 0. The van der Waals surface area contributed by atoms with Crippen molar-refractivity contribution in [3.05, 3.63) is 17.5 Å². The zero-order valence-corrected chi connectivity index (χ0v) is 13.0. The Labute approximate surface area is 113 Å². The molecule has 17 heavy (non-hydrogen) atoms. The molecule has 0 aliphatic heterocycles. The van der Waals surface area contributed by atoms with Crippen LogP contribution in [0.3, 0.4) is 0 Å². The fourth-order valence-corrected chi connectivity index (χ4v) is 2.13. The molecule has 0 aromatic carbocycles. The SMILES string of the molecule is CCc1cc(CN(CCCBr)C(C)C)n(C)n1. The number of halogens is 1. The summed E-state index contributed by atoms with van der Waals surface area (Å²) in [6.07, 6.45) is 2.20. The van der Waals surface area contributed by atoms with Crippen molar-refractivity contribution in [2.45, 2.75) is 46.2 Å². The molecule has 1 rings (SSSR count). The van der Waals surface area contributed by atoms with Gasteiger partial charge in [-0.3, -0.25) is 9.58 Å². The Kier molecular flexibility index (Phi) is 6.20. The van der Waals surface area contributed by atoms with Gasteiger partial charge in [0.15, 0.2) is 0 Å². The third-order valence-electron chi connectivity index (χ3n) is 3.06. The molecule has 0 aliphatic rings. The summed E-state index contributed by atoms with van der Waals surface area (Å²) in [6, 6.07) is 2.80. The summed E-state index contributed by atoms with van der Waals surface area (Å²) >= 11 is 3.50. The largest absolute Gasteiger partial charge is 0.295 e. The van der Waals surface area contributed by atoms with Crippen molar-refractivity contribution in [1.29, 1.82) is 0 Å². The van der Waals surface area contributed by atoms with E-state index in [1.807, 2.05) is 11.7 Å². The number of nitrogens with zero attached hydrogens (tertiary/aromatic N) is 3. The van der Waals surface area contributed by atoms with E-state index in [1.54, 1.807) is 0 Å². The van der Waals surface area contributed by atoms with Crippen LogP contribution in [0, 0.1) is 0 Å². The lowest BCUT2D eigenvalue weighted by atomic mass is 10.2. The summed E-state index contributed by atoms with van der Waals surface area (Å²) in [5.41, 5.74) is 2.50. The highest BCUT2D eigenvalue weighted by Crippen LogP contribution is 2.11. The quantitative estimate of drug-likeness (QED) is 0.722. The molecule has 1 heterocycles. The highest BCUT2D eigenvalue weighted by Gasteiger charge is 2.12. The Bertz CT molecular complexity index is 333. The van der Waals surface area contributed by atoms with Gasteiger partial charge < -0.3 is 0 Å². The zero-order valence-electron chi connectivity index (χ0n) is 11.4. The molecule has 0 unspecified atom stereocenters. The third-order valence-corrected chi connectivity index (χ3v) is 3.62. The van der Waals surface area contributed by atoms with Gasteiger partial charge in [-0.1, -0.05) is 22.9 Å². The van der Waals surface area contributed by atoms with E-state index in [-0.39, 0.29) is 0 Å². The second-order valence-electron chi connectivity index (χ2n) is 4.71. The summed E-state index contributed by atoms with van der Waals surface area (Å²) in [7, 11) is 2.04. The molecule has 4 heteroatoms. The Morgan fingerprint density at radius 2 is 2.18 bits per heavy atom. The van der Waals surface area contributed by atoms with Crippen LogP contribution in [0.4, 0.5) is 0 Å². The first-order valence-corrected chi connectivity index (χ1v) is 7.52. The van der Waals surface area contributed by atoms with Gasteiger partial charge in [0.2, 0.25) is 0 Å². The van der Waals surface area contributed by atoms with E-state index in [2.05, 4.69) is 52.8 Å². The van der Waals surface area contributed by atoms with Gasteiger partial charge in [-0.2, -0.15) is 5.10 Å². The molecule has 1 aromatic heterocycles. The minimum absolute atomic E-state index is 0.578. The van der Waals surface area contributed by atoms with Crippen molar-refractivity contribution in [2.75, 3.05) is 11.9 Å². The maximum Gasteiger partial charge on any atom is 0.0625 e. The highest BCUT2D eigenvalue weighted by molar-refractivity contribution is 9.09. The molecular formula is C13H24BrN3. The van der Waals surface area contributed by atoms with Gasteiger partial charge in [0, 0.05) is 25.0 Å². The average molecular weight is 302 g/mol. The molecule has 0 atom stereocenters. The van der Waals surface area contributed by atoms with Gasteiger partial charge >= 0.3 is 0 Å². The van der Waals surface area contributed by atoms with Gasteiger partial charge in [-0.25, -0.2) is 0 Å². The fourth-order valence-electron chi connectivity index (χ4n) is 1.88. The average Bonchev–Trinajstić information content (AvgIpc) is 2.65. The summed E-state index contributed by atoms with van der Waals surface area (Å²) < 4.78 is 2.02. The standard InChI is InChI=1S/C13H24BrN3/c1-5-12-9-13(16(4)15-12)10-17(11(2)3)8-6-7-14/h9,11H,5-8,10H2,1-4H3. The first-order chi connectivity index (χ1) is 8.08. The van der Waals surface area contributed by atoms with E-state index >= 15 is 0 Å². The Balaban J connectivity index is 2.67. The molecule has 0 N–H and O–H groups in total. The van der Waals surface area contributed by atoms with Gasteiger partial charge in [-0.05, 0) is 39.3 Å². The predicted molar refractivity (Wildman–Crippen MR) is 76.5 cm³/mol. The first-order valence-electron chi connectivity index (χ1n) is 6.40. The second-order valence-corrected chi connectivity index (χ2v) is 5.50. The molecule has 0 bridgehead atoms. The van der Waals surface area contributed by atoms with Crippen LogP contribution in [0.1, 0.15) is 38.6 Å². The van der Waals surface area contributed by atoms with Crippen molar-refractivity contribution < 1.29 is 0 Å². The van der Waals surface area contributed by atoms with Crippen molar-refractivity contribution in [2.24, 2.45) is 7.05 Å². The molecule has 0 amide bonds. The number of aryl methyl sites for hydroxylation is 2. The van der Waals surface area contributed by atoms with Crippen LogP contribution in [0.25, 0.3) is 0 Å². The van der Waals surface area contributed by atoms with Crippen molar-refractivity contribution in [3.63, 3.8) is 0 Å². The van der Waals surface area contributed by atoms with Crippen LogP contribution in [0.5, 0.6) is 0 Å². The molecule has 0 saturated heterocycles. The molecule has 3 nitrogen and oxygen atoms in total. The summed E-state index contributed by atoms with van der Waals surface area (Å²) in [5, 5.41) is 5.57. The van der Waals surface area contributed by atoms with Gasteiger partial charge in [0.1, 0.15) is 0 Å². The molecule has 1 aromatic rings. The van der Waals surface area contributed by atoms with Crippen LogP contribution in [0.2, 0.25) is 0 Å². The monoisotopic (exact) mass is 301 g/mol. The first kappa shape index (κ1) is 14.7. The molecule has 0 radical (unpaired) electrons. The summed E-state index contributed by atoms with van der Waals surface area (Å²) in [4.78, 5) is 2.50. The van der Waals surface area contributed by atoms with Gasteiger partial charge in [-0.15, -0.1) is 0 Å². The van der Waals surface area contributed by atoms with E-state index in [4.69, 9.17) is 0 Å². The van der Waals surface area contributed by atoms with Crippen molar-refractivity contribution >= 4 is 15.9 Å². The third kappa shape index (κ3) is 4.43. The minimum atomic E-state index is 0.578. The Morgan fingerprint density at radius 3 is 2.65 bits per heavy atom. The Hall–Kier alpha value is -0.350. The van der Waals surface area contributed by atoms with Crippen molar-refractivity contribution in [3.8, 4) is 0 Å². The number of aromatic nitrogens is 2. The number of rotatable bonds is 7. The van der Waals surface area contributed by atoms with E-state index in [0.717, 1.165) is 24.8 Å². The Morgan fingerprint density at radius 1 is 1.47 bits per heavy atom. The predicted octanol–water partition coefficient (Wildman–Crippen LogP) is 2.98. The molecule has 0 aliphatic carbocycles. The van der Waals surface area contributed by atoms with E-state index in [1.165, 1.54) is 17.8 Å². The number of hydrogen-bond acceptors (Lipinski definition) is 2. The maximum atomic E-state index is 4.50. The molecule has 0 saturated carbocycles. The second kappa shape index (κ2) is 7.17. The van der Waals surface area contributed by atoms with Gasteiger partial charge in [0.05, 0.1) is 11.4 Å². The number of hydrogen-bond donors (Lipinski definition) is 0. The van der Waals surface area contributed by atoms with Crippen LogP contribution >= 0.6 is 15.9 Å². The van der Waals surface area contributed by atoms with E-state index < -0.39 is 0 Å². The van der Waals surface area contributed by atoms with Crippen molar-refractivity contribution in [1.82, 2.24) is 14.7 Å².